The van der Waals surface area contributed by atoms with Gasteiger partial charge in [0.15, 0.2) is 11.7 Å². The van der Waals surface area contributed by atoms with Crippen molar-refractivity contribution >= 4 is 22.8 Å². The Morgan fingerprint density at radius 2 is 1.90 bits per heavy atom. The highest BCUT2D eigenvalue weighted by atomic mass is 16.5. The van der Waals surface area contributed by atoms with Gasteiger partial charge in [0.05, 0.1) is 5.39 Å². The molecule has 0 aliphatic rings. The third-order valence-electron chi connectivity index (χ3n) is 4.87. The normalized spacial score (nSPS) is 10.8. The molecule has 1 amide bonds. The molecule has 2 heterocycles. The number of carbonyl (C=O) groups excluding carboxylic acids is 1. The number of nitrogens with zero attached hydrogens (tertiary/aromatic N) is 3. The summed E-state index contributed by atoms with van der Waals surface area (Å²) in [5.74, 6) is 2.68. The van der Waals surface area contributed by atoms with E-state index in [0.29, 0.717) is 30.4 Å². The predicted molar refractivity (Wildman–Crippen MR) is 123 cm³/mol. The molecule has 2 aromatic heterocycles. The number of aromatic nitrogens is 3. The molecule has 0 spiro atoms. The van der Waals surface area contributed by atoms with Gasteiger partial charge in [-0.2, -0.15) is 0 Å². The van der Waals surface area contributed by atoms with E-state index in [9.17, 15) is 4.79 Å². The third kappa shape index (κ3) is 4.83. The number of fused-ring (bicyclic) bond motifs is 1. The summed E-state index contributed by atoms with van der Waals surface area (Å²) in [6.07, 6.45) is 0. The van der Waals surface area contributed by atoms with Crippen LogP contribution in [-0.4, -0.2) is 41.0 Å². The molecule has 0 bridgehead atoms. The number of ether oxygens (including phenoxy) is 1. The number of H-pyrrole nitrogens is 1. The molecule has 0 atom stereocenters. The maximum Gasteiger partial charge on any atom is 0.216 e. The molecule has 7 nitrogen and oxygen atoms in total. The highest BCUT2D eigenvalue weighted by Gasteiger charge is 2.16. The lowest BCUT2D eigenvalue weighted by atomic mass is 10.2. The summed E-state index contributed by atoms with van der Waals surface area (Å²) < 4.78 is 6.04. The molecule has 0 aliphatic heterocycles. The molecular weight excluding hydrogens is 390 g/mol. The van der Waals surface area contributed by atoms with E-state index in [0.717, 1.165) is 28.1 Å². The summed E-state index contributed by atoms with van der Waals surface area (Å²) in [7, 11) is 1.95. The second-order valence-electron chi connectivity index (χ2n) is 7.46. The Kier molecular flexibility index (Phi) is 5.84. The lowest BCUT2D eigenvalue weighted by molar-refractivity contribution is -0.118. The van der Waals surface area contributed by atoms with Crippen LogP contribution in [-0.2, 0) is 4.79 Å². The van der Waals surface area contributed by atoms with Crippen LogP contribution in [0.4, 0.5) is 5.82 Å². The van der Waals surface area contributed by atoms with E-state index < -0.39 is 0 Å². The fourth-order valence-electron chi connectivity index (χ4n) is 3.34. The topological polar surface area (TPSA) is 83.1 Å². The fraction of sp³-hybridized carbons (Fsp3) is 0.208. The average molecular weight is 415 g/mol. The predicted octanol–water partition coefficient (Wildman–Crippen LogP) is 4.30. The van der Waals surface area contributed by atoms with Crippen molar-refractivity contribution in [3.8, 4) is 23.0 Å². The van der Waals surface area contributed by atoms with Crippen LogP contribution < -0.4 is 15.0 Å². The summed E-state index contributed by atoms with van der Waals surface area (Å²) in [6, 6.07) is 19.6. The summed E-state index contributed by atoms with van der Waals surface area (Å²) in [6.45, 7) is 4.67. The minimum Gasteiger partial charge on any atom is -0.441 e. The smallest absolute Gasteiger partial charge is 0.216 e. The number of likely N-dealkylation sites (N-methyl/N-ethyl adjacent to an activating group) is 1. The Hall–Kier alpha value is -3.87. The summed E-state index contributed by atoms with van der Waals surface area (Å²) in [4.78, 5) is 26.1. The largest absolute Gasteiger partial charge is 0.441 e. The molecule has 4 aromatic rings. The number of hydrogen-bond donors (Lipinski definition) is 2. The van der Waals surface area contributed by atoms with E-state index in [4.69, 9.17) is 14.7 Å². The summed E-state index contributed by atoms with van der Waals surface area (Å²) in [5.41, 5.74) is 2.74. The first-order valence-electron chi connectivity index (χ1n) is 10.2. The van der Waals surface area contributed by atoms with Crippen molar-refractivity contribution in [2.24, 2.45) is 0 Å². The van der Waals surface area contributed by atoms with Crippen molar-refractivity contribution in [1.29, 1.82) is 0 Å². The van der Waals surface area contributed by atoms with Crippen LogP contribution in [0.5, 0.6) is 11.6 Å². The molecular formula is C24H25N5O2. The summed E-state index contributed by atoms with van der Waals surface area (Å²) in [5, 5.41) is 3.68. The number of aryl methyl sites for hydroxylation is 1. The van der Waals surface area contributed by atoms with Crippen LogP contribution in [0.15, 0.2) is 60.7 Å². The molecule has 2 N–H and O–H groups in total. The molecule has 2 aromatic carbocycles. The van der Waals surface area contributed by atoms with Crippen LogP contribution in [0.1, 0.15) is 12.5 Å². The zero-order valence-corrected chi connectivity index (χ0v) is 17.8. The van der Waals surface area contributed by atoms with Crippen LogP contribution >= 0.6 is 0 Å². The SMILES string of the molecule is CC(=O)NCCN(C)c1nc(-c2ccccc2)nc2[nH]c(Oc3cccc(C)c3)cc12. The second-order valence-corrected chi connectivity index (χ2v) is 7.46. The molecule has 0 saturated heterocycles. The first-order valence-corrected chi connectivity index (χ1v) is 10.2. The van der Waals surface area contributed by atoms with Crippen LogP contribution in [0.2, 0.25) is 0 Å². The van der Waals surface area contributed by atoms with Crippen molar-refractivity contribution in [1.82, 2.24) is 20.3 Å². The van der Waals surface area contributed by atoms with Crippen molar-refractivity contribution in [3.05, 3.63) is 66.2 Å². The molecule has 4 rings (SSSR count). The number of benzene rings is 2. The number of carbonyl (C=O) groups is 1. The van der Waals surface area contributed by atoms with Crippen molar-refractivity contribution in [3.63, 3.8) is 0 Å². The van der Waals surface area contributed by atoms with Crippen LogP contribution in [0.3, 0.4) is 0 Å². The monoisotopic (exact) mass is 415 g/mol. The molecule has 0 aliphatic carbocycles. The Labute approximate surface area is 181 Å². The van der Waals surface area contributed by atoms with Gasteiger partial charge in [-0.1, -0.05) is 42.5 Å². The van der Waals surface area contributed by atoms with E-state index in [1.54, 1.807) is 0 Å². The standard InChI is InChI=1S/C24H25N5O2/c1-16-8-7-11-19(14-16)31-21-15-20-23(26-21)27-22(18-9-5-4-6-10-18)28-24(20)29(3)13-12-25-17(2)30/h4-11,14-15H,12-13H2,1-3H3,(H,25,30)(H,26,27,28). The van der Waals surface area contributed by atoms with E-state index in [-0.39, 0.29) is 5.91 Å². The van der Waals surface area contributed by atoms with E-state index in [1.165, 1.54) is 6.92 Å². The Morgan fingerprint density at radius 3 is 2.65 bits per heavy atom. The third-order valence-corrected chi connectivity index (χ3v) is 4.87. The summed E-state index contributed by atoms with van der Waals surface area (Å²) >= 11 is 0. The van der Waals surface area contributed by atoms with Crippen molar-refractivity contribution in [2.45, 2.75) is 13.8 Å². The number of rotatable bonds is 7. The van der Waals surface area contributed by atoms with Crippen molar-refractivity contribution in [2.75, 3.05) is 25.0 Å². The highest BCUT2D eigenvalue weighted by Crippen LogP contribution is 2.32. The van der Waals surface area contributed by atoms with Gasteiger partial charge in [-0.05, 0) is 24.6 Å². The Bertz CT molecular complexity index is 1200. The number of amides is 1. The van der Waals surface area contributed by atoms with E-state index in [2.05, 4.69) is 10.3 Å². The van der Waals surface area contributed by atoms with E-state index in [1.807, 2.05) is 79.5 Å². The van der Waals surface area contributed by atoms with Gasteiger partial charge in [0.2, 0.25) is 5.91 Å². The minimum absolute atomic E-state index is 0.0540. The highest BCUT2D eigenvalue weighted by molar-refractivity contribution is 5.90. The molecule has 0 saturated carbocycles. The fourth-order valence-corrected chi connectivity index (χ4v) is 3.34. The van der Waals surface area contributed by atoms with Gasteiger partial charge in [-0.15, -0.1) is 0 Å². The van der Waals surface area contributed by atoms with Gasteiger partial charge in [-0.3, -0.25) is 4.79 Å². The molecule has 31 heavy (non-hydrogen) atoms. The first-order chi connectivity index (χ1) is 15.0. The van der Waals surface area contributed by atoms with Gasteiger partial charge >= 0.3 is 0 Å². The molecule has 7 heteroatoms. The van der Waals surface area contributed by atoms with Crippen molar-refractivity contribution < 1.29 is 9.53 Å². The number of hydrogen-bond acceptors (Lipinski definition) is 5. The van der Waals surface area contributed by atoms with Crippen LogP contribution in [0.25, 0.3) is 22.4 Å². The maximum absolute atomic E-state index is 11.2. The number of nitrogens with one attached hydrogen (secondary N) is 2. The van der Waals surface area contributed by atoms with E-state index >= 15 is 0 Å². The van der Waals surface area contributed by atoms with Gasteiger partial charge in [0, 0.05) is 38.7 Å². The maximum atomic E-state index is 11.2. The average Bonchev–Trinajstić information content (AvgIpc) is 3.15. The van der Waals surface area contributed by atoms with Gasteiger partial charge < -0.3 is 19.9 Å². The minimum atomic E-state index is -0.0540. The molecule has 0 radical (unpaired) electrons. The molecule has 158 valence electrons. The second kappa shape index (κ2) is 8.87. The van der Waals surface area contributed by atoms with Gasteiger partial charge in [0.25, 0.3) is 0 Å². The lowest BCUT2D eigenvalue weighted by Crippen LogP contribution is -2.32. The van der Waals surface area contributed by atoms with Crippen LogP contribution in [0, 0.1) is 6.92 Å². The quantitative estimate of drug-likeness (QED) is 0.470. The molecule has 0 unspecified atom stereocenters. The zero-order valence-electron chi connectivity index (χ0n) is 17.8. The Morgan fingerprint density at radius 1 is 1.10 bits per heavy atom. The zero-order chi connectivity index (χ0) is 21.8. The Balaban J connectivity index is 1.73. The molecule has 0 fully saturated rings. The number of aromatic amines is 1. The van der Waals surface area contributed by atoms with Gasteiger partial charge in [0.1, 0.15) is 17.2 Å². The van der Waals surface area contributed by atoms with Gasteiger partial charge in [-0.25, -0.2) is 9.97 Å². The first kappa shape index (κ1) is 20.4. The lowest BCUT2D eigenvalue weighted by Gasteiger charge is -2.19. The number of anilines is 1.